The molecule has 29 heavy (non-hydrogen) atoms. The summed E-state index contributed by atoms with van der Waals surface area (Å²) in [7, 11) is 0. The Kier molecular flexibility index (Phi) is 5.63. The Morgan fingerprint density at radius 3 is 2.21 bits per heavy atom. The maximum atomic E-state index is 13.9. The molecule has 0 aliphatic heterocycles. The fourth-order valence-electron chi connectivity index (χ4n) is 2.47. The number of carbonyl (C=O) groups excluding carboxylic acids is 2. The van der Waals surface area contributed by atoms with Crippen molar-refractivity contribution in [2.24, 2.45) is 0 Å². The Balaban J connectivity index is 1.63. The summed E-state index contributed by atoms with van der Waals surface area (Å²) >= 11 is 0. The highest BCUT2D eigenvalue weighted by Crippen LogP contribution is 2.17. The SMILES string of the molecule is CC(C)(C)OC(=O)Nc1ccc(NC(=O)c2ccn(-c3ccccc3F)n2)cc1. The van der Waals surface area contributed by atoms with E-state index in [0.29, 0.717) is 11.4 Å². The maximum absolute atomic E-state index is 13.9. The van der Waals surface area contributed by atoms with Crippen LogP contribution in [0.15, 0.2) is 60.8 Å². The summed E-state index contributed by atoms with van der Waals surface area (Å²) in [6, 6.07) is 14.2. The van der Waals surface area contributed by atoms with Crippen molar-refractivity contribution < 1.29 is 18.7 Å². The van der Waals surface area contributed by atoms with E-state index in [0.717, 1.165) is 0 Å². The van der Waals surface area contributed by atoms with Gasteiger partial charge in [-0.1, -0.05) is 12.1 Å². The van der Waals surface area contributed by atoms with Crippen LogP contribution in [0.4, 0.5) is 20.6 Å². The highest BCUT2D eigenvalue weighted by atomic mass is 19.1. The minimum Gasteiger partial charge on any atom is -0.444 e. The number of amides is 2. The molecule has 2 aromatic carbocycles. The van der Waals surface area contributed by atoms with Gasteiger partial charge in [-0.3, -0.25) is 10.1 Å². The lowest BCUT2D eigenvalue weighted by molar-refractivity contribution is 0.0635. The molecule has 0 radical (unpaired) electrons. The quantitative estimate of drug-likeness (QED) is 0.674. The third kappa shape index (κ3) is 5.41. The molecule has 0 bridgehead atoms. The molecule has 0 aliphatic carbocycles. The number of carbonyl (C=O) groups is 2. The molecule has 2 amide bonds. The molecule has 8 heteroatoms. The van der Waals surface area contributed by atoms with Crippen LogP contribution in [0.25, 0.3) is 5.69 Å². The van der Waals surface area contributed by atoms with Gasteiger partial charge in [0.1, 0.15) is 17.1 Å². The van der Waals surface area contributed by atoms with Crippen LogP contribution >= 0.6 is 0 Å². The minimum atomic E-state index is -0.593. The van der Waals surface area contributed by atoms with Crippen molar-refractivity contribution in [2.75, 3.05) is 10.6 Å². The number of rotatable bonds is 4. The van der Waals surface area contributed by atoms with Gasteiger partial charge in [0.25, 0.3) is 5.91 Å². The monoisotopic (exact) mass is 396 g/mol. The molecule has 0 saturated heterocycles. The van der Waals surface area contributed by atoms with Gasteiger partial charge in [0.2, 0.25) is 0 Å². The van der Waals surface area contributed by atoms with E-state index in [1.807, 2.05) is 0 Å². The highest BCUT2D eigenvalue weighted by molar-refractivity contribution is 6.03. The molecule has 150 valence electrons. The molecular formula is C21H21FN4O3. The zero-order valence-corrected chi connectivity index (χ0v) is 16.3. The number of anilines is 2. The summed E-state index contributed by atoms with van der Waals surface area (Å²) in [5, 5.41) is 9.44. The highest BCUT2D eigenvalue weighted by Gasteiger charge is 2.16. The average Bonchev–Trinajstić information content (AvgIpc) is 3.12. The van der Waals surface area contributed by atoms with E-state index >= 15 is 0 Å². The van der Waals surface area contributed by atoms with Gasteiger partial charge in [0.15, 0.2) is 5.69 Å². The Morgan fingerprint density at radius 1 is 0.966 bits per heavy atom. The summed E-state index contributed by atoms with van der Waals surface area (Å²) < 4.78 is 20.3. The third-order valence-electron chi connectivity index (χ3n) is 3.71. The second-order valence-corrected chi connectivity index (χ2v) is 7.26. The predicted molar refractivity (Wildman–Crippen MR) is 108 cm³/mol. The smallest absolute Gasteiger partial charge is 0.412 e. The Hall–Kier alpha value is -3.68. The molecule has 0 atom stereocenters. The van der Waals surface area contributed by atoms with Gasteiger partial charge in [-0.25, -0.2) is 13.9 Å². The molecule has 0 unspecified atom stereocenters. The van der Waals surface area contributed by atoms with Gasteiger partial charge in [0.05, 0.1) is 0 Å². The average molecular weight is 396 g/mol. The van der Waals surface area contributed by atoms with E-state index in [1.54, 1.807) is 63.2 Å². The lowest BCUT2D eigenvalue weighted by Gasteiger charge is -2.19. The number of aromatic nitrogens is 2. The van der Waals surface area contributed by atoms with Crippen molar-refractivity contribution in [3.05, 3.63) is 72.3 Å². The van der Waals surface area contributed by atoms with E-state index in [2.05, 4.69) is 15.7 Å². The Labute approximate surface area is 167 Å². The first-order chi connectivity index (χ1) is 13.7. The molecule has 0 saturated carbocycles. The summed E-state index contributed by atoms with van der Waals surface area (Å²) in [4.78, 5) is 24.2. The van der Waals surface area contributed by atoms with Gasteiger partial charge in [-0.15, -0.1) is 0 Å². The van der Waals surface area contributed by atoms with Gasteiger partial charge in [-0.05, 0) is 63.2 Å². The molecule has 3 aromatic rings. The molecule has 0 spiro atoms. The molecule has 0 fully saturated rings. The summed E-state index contributed by atoms with van der Waals surface area (Å²) in [5.41, 5.74) is 0.851. The number of para-hydroxylation sites is 1. The first-order valence-corrected chi connectivity index (χ1v) is 8.93. The van der Waals surface area contributed by atoms with E-state index in [-0.39, 0.29) is 11.4 Å². The standard InChI is InChI=1S/C21H21FN4O3/c1-21(2,3)29-20(28)24-15-10-8-14(9-11-15)23-19(27)17-12-13-26(25-17)18-7-5-4-6-16(18)22/h4-13H,1-3H3,(H,23,27)(H,24,28). The van der Waals surface area contributed by atoms with Crippen molar-refractivity contribution >= 4 is 23.4 Å². The topological polar surface area (TPSA) is 85.3 Å². The number of halogens is 1. The first kappa shape index (κ1) is 20.1. The van der Waals surface area contributed by atoms with Crippen LogP contribution in [-0.4, -0.2) is 27.4 Å². The maximum Gasteiger partial charge on any atom is 0.412 e. The zero-order valence-electron chi connectivity index (χ0n) is 16.3. The number of ether oxygens (including phenoxy) is 1. The van der Waals surface area contributed by atoms with Crippen LogP contribution in [0.2, 0.25) is 0 Å². The van der Waals surface area contributed by atoms with Crippen LogP contribution in [0, 0.1) is 5.82 Å². The predicted octanol–water partition coefficient (Wildman–Crippen LogP) is 4.61. The van der Waals surface area contributed by atoms with Crippen LogP contribution in [-0.2, 0) is 4.74 Å². The number of hydrogen-bond donors (Lipinski definition) is 2. The number of nitrogens with one attached hydrogen (secondary N) is 2. The first-order valence-electron chi connectivity index (χ1n) is 8.93. The summed E-state index contributed by atoms with van der Waals surface area (Å²) in [5.74, 6) is -0.872. The largest absolute Gasteiger partial charge is 0.444 e. The molecule has 1 aromatic heterocycles. The lowest BCUT2D eigenvalue weighted by Crippen LogP contribution is -2.27. The third-order valence-corrected chi connectivity index (χ3v) is 3.71. The van der Waals surface area contributed by atoms with Crippen molar-refractivity contribution in [3.8, 4) is 5.69 Å². The van der Waals surface area contributed by atoms with Crippen LogP contribution < -0.4 is 10.6 Å². The second-order valence-electron chi connectivity index (χ2n) is 7.26. The summed E-state index contributed by atoms with van der Waals surface area (Å²) in [6.07, 6.45) is 0.953. The normalized spacial score (nSPS) is 11.0. The molecular weight excluding hydrogens is 375 g/mol. The number of nitrogens with zero attached hydrogens (tertiary/aromatic N) is 2. The molecule has 2 N–H and O–H groups in total. The summed E-state index contributed by atoms with van der Waals surface area (Å²) in [6.45, 7) is 5.33. The fraction of sp³-hybridized carbons (Fsp3) is 0.190. The molecule has 0 aliphatic rings. The fourth-order valence-corrected chi connectivity index (χ4v) is 2.47. The van der Waals surface area contributed by atoms with Crippen molar-refractivity contribution in [1.82, 2.24) is 9.78 Å². The Bertz CT molecular complexity index is 1020. The Morgan fingerprint density at radius 2 is 1.59 bits per heavy atom. The minimum absolute atomic E-state index is 0.143. The number of hydrogen-bond acceptors (Lipinski definition) is 4. The van der Waals surface area contributed by atoms with E-state index in [9.17, 15) is 14.0 Å². The van der Waals surface area contributed by atoms with E-state index < -0.39 is 23.4 Å². The van der Waals surface area contributed by atoms with E-state index in [1.165, 1.54) is 23.0 Å². The van der Waals surface area contributed by atoms with Crippen LogP contribution in [0.1, 0.15) is 31.3 Å². The van der Waals surface area contributed by atoms with Crippen molar-refractivity contribution in [3.63, 3.8) is 0 Å². The van der Waals surface area contributed by atoms with Gasteiger partial charge >= 0.3 is 6.09 Å². The van der Waals surface area contributed by atoms with Gasteiger partial charge in [0, 0.05) is 17.6 Å². The van der Waals surface area contributed by atoms with Crippen molar-refractivity contribution in [1.29, 1.82) is 0 Å². The number of benzene rings is 2. The zero-order chi connectivity index (χ0) is 21.0. The van der Waals surface area contributed by atoms with Gasteiger partial charge in [-0.2, -0.15) is 5.10 Å². The van der Waals surface area contributed by atoms with Gasteiger partial charge < -0.3 is 10.1 Å². The van der Waals surface area contributed by atoms with Crippen LogP contribution in [0.3, 0.4) is 0 Å². The van der Waals surface area contributed by atoms with E-state index in [4.69, 9.17) is 4.74 Å². The van der Waals surface area contributed by atoms with Crippen LogP contribution in [0.5, 0.6) is 0 Å². The lowest BCUT2D eigenvalue weighted by atomic mass is 10.2. The molecule has 3 rings (SSSR count). The second kappa shape index (κ2) is 8.14. The molecule has 1 heterocycles. The van der Waals surface area contributed by atoms with Crippen molar-refractivity contribution in [2.45, 2.75) is 26.4 Å². The molecule has 7 nitrogen and oxygen atoms in total.